The quantitative estimate of drug-likeness (QED) is 0.690. The lowest BCUT2D eigenvalue weighted by Crippen LogP contribution is -1.81. The first-order valence-corrected chi connectivity index (χ1v) is 4.26. The van der Waals surface area contributed by atoms with Gasteiger partial charge in [0.05, 0.1) is 5.69 Å². The Labute approximate surface area is 89.4 Å². The minimum atomic E-state index is 0. The van der Waals surface area contributed by atoms with Crippen molar-refractivity contribution < 1.29 is 0 Å². The van der Waals surface area contributed by atoms with E-state index >= 15 is 0 Å². The Hall–Kier alpha value is -1.46. The second-order valence-corrected chi connectivity index (χ2v) is 2.90. The van der Waals surface area contributed by atoms with Gasteiger partial charge in [0.1, 0.15) is 5.65 Å². The first kappa shape index (κ1) is 10.6. The van der Waals surface area contributed by atoms with Gasteiger partial charge in [-0.15, -0.1) is 24.8 Å². The average molecular weight is 207 g/mol. The van der Waals surface area contributed by atoms with Crippen LogP contribution in [0.4, 0.5) is 0 Å². The van der Waals surface area contributed by atoms with Gasteiger partial charge in [0, 0.05) is 25.2 Å². The maximum absolute atomic E-state index is 5.19. The van der Waals surface area contributed by atoms with Crippen LogP contribution in [-0.4, -0.2) is 9.38 Å². The van der Waals surface area contributed by atoms with Gasteiger partial charge in [0.25, 0.3) is 0 Å². The zero-order valence-electron chi connectivity index (χ0n) is 7.68. The summed E-state index contributed by atoms with van der Waals surface area (Å²) in [6.45, 7) is 0. The van der Waals surface area contributed by atoms with Crippen LogP contribution in [-0.2, 0) is 6.42 Å². The lowest BCUT2D eigenvalue weighted by Gasteiger charge is -1.86. The molecule has 0 radical (unpaired) electrons. The Kier molecular flexibility index (Phi) is 3.55. The third-order valence-corrected chi connectivity index (χ3v) is 1.94. The summed E-state index contributed by atoms with van der Waals surface area (Å²) in [5.74, 6) is 2.61. The molecule has 3 heteroatoms. The maximum Gasteiger partial charge on any atom is 0.136 e. The van der Waals surface area contributed by atoms with Gasteiger partial charge >= 0.3 is 0 Å². The number of hydrogen-bond donors (Lipinski definition) is 0. The lowest BCUT2D eigenvalue weighted by molar-refractivity contribution is 0.983. The molecule has 0 saturated carbocycles. The summed E-state index contributed by atoms with van der Waals surface area (Å²) in [7, 11) is 0. The molecule has 0 aliphatic rings. The number of fused-ring (bicyclic) bond motifs is 1. The minimum absolute atomic E-state index is 0. The molecule has 72 valence electrons. The van der Waals surface area contributed by atoms with Crippen LogP contribution in [0.5, 0.6) is 0 Å². The van der Waals surface area contributed by atoms with Crippen molar-refractivity contribution in [3.05, 3.63) is 36.3 Å². The van der Waals surface area contributed by atoms with Crippen molar-refractivity contribution in [2.45, 2.75) is 12.8 Å². The number of aromatic nitrogens is 2. The Balaban J connectivity index is 0.000000980. The molecule has 0 aliphatic carbocycles. The molecule has 0 aliphatic heterocycles. The Bertz CT molecular complexity index is 421. The van der Waals surface area contributed by atoms with Crippen molar-refractivity contribution in [2.24, 2.45) is 0 Å². The maximum atomic E-state index is 5.19. The fraction of sp³-hybridized carbons (Fsp3) is 0.182. The van der Waals surface area contributed by atoms with Crippen LogP contribution in [0.15, 0.2) is 30.6 Å². The molecule has 0 bridgehead atoms. The fourth-order valence-electron chi connectivity index (χ4n) is 1.31. The van der Waals surface area contributed by atoms with Crippen molar-refractivity contribution in [1.29, 1.82) is 0 Å². The van der Waals surface area contributed by atoms with Crippen LogP contribution in [0.3, 0.4) is 0 Å². The Morgan fingerprint density at radius 1 is 1.43 bits per heavy atom. The van der Waals surface area contributed by atoms with Gasteiger partial charge in [-0.25, -0.2) is 4.98 Å². The van der Waals surface area contributed by atoms with Crippen molar-refractivity contribution >= 4 is 18.1 Å². The monoisotopic (exact) mass is 206 g/mol. The van der Waals surface area contributed by atoms with E-state index in [1.807, 2.05) is 35.0 Å². The number of aryl methyl sites for hydroxylation is 1. The third kappa shape index (κ3) is 2.07. The Morgan fingerprint density at radius 2 is 2.29 bits per heavy atom. The van der Waals surface area contributed by atoms with E-state index in [9.17, 15) is 0 Å². The molecule has 0 aromatic carbocycles. The van der Waals surface area contributed by atoms with Crippen molar-refractivity contribution in [2.75, 3.05) is 0 Å². The summed E-state index contributed by atoms with van der Waals surface area (Å²) >= 11 is 0. The van der Waals surface area contributed by atoms with E-state index in [0.29, 0.717) is 0 Å². The first-order valence-electron chi connectivity index (χ1n) is 4.26. The number of hydrogen-bond acceptors (Lipinski definition) is 1. The topological polar surface area (TPSA) is 17.3 Å². The highest BCUT2D eigenvalue weighted by Gasteiger charge is 1.98. The number of terminal acetylenes is 1. The molecule has 0 amide bonds. The van der Waals surface area contributed by atoms with E-state index in [-0.39, 0.29) is 12.4 Å². The summed E-state index contributed by atoms with van der Waals surface area (Å²) in [4.78, 5) is 4.42. The molecule has 14 heavy (non-hydrogen) atoms. The summed E-state index contributed by atoms with van der Waals surface area (Å²) < 4.78 is 2.01. The van der Waals surface area contributed by atoms with E-state index in [1.165, 1.54) is 0 Å². The van der Waals surface area contributed by atoms with E-state index in [0.717, 1.165) is 24.2 Å². The molecular formula is C11H11ClN2. The van der Waals surface area contributed by atoms with E-state index < -0.39 is 0 Å². The molecule has 0 saturated heterocycles. The van der Waals surface area contributed by atoms with Gasteiger partial charge in [-0.05, 0) is 12.1 Å². The molecule has 0 N–H and O–H groups in total. The van der Waals surface area contributed by atoms with Crippen LogP contribution in [0, 0.1) is 12.3 Å². The van der Waals surface area contributed by atoms with Gasteiger partial charge in [0.15, 0.2) is 0 Å². The first-order chi connectivity index (χ1) is 6.40. The number of rotatable bonds is 2. The standard InChI is InChI=1S/C11H10N2.ClH/c1-2-3-6-10-9-13-8-5-4-7-11(13)12-10;/h1,4-5,7-9H,3,6H2;1H. The zero-order valence-corrected chi connectivity index (χ0v) is 8.50. The van der Waals surface area contributed by atoms with Gasteiger partial charge in [-0.1, -0.05) is 6.07 Å². The van der Waals surface area contributed by atoms with Crippen LogP contribution < -0.4 is 0 Å². The number of pyridine rings is 1. The van der Waals surface area contributed by atoms with Crippen LogP contribution in [0.2, 0.25) is 0 Å². The molecule has 0 spiro atoms. The normalized spacial score (nSPS) is 9.36. The van der Waals surface area contributed by atoms with E-state index in [1.54, 1.807) is 0 Å². The van der Waals surface area contributed by atoms with E-state index in [4.69, 9.17) is 6.42 Å². The van der Waals surface area contributed by atoms with Gasteiger partial charge < -0.3 is 4.40 Å². The average Bonchev–Trinajstić information content (AvgIpc) is 2.57. The van der Waals surface area contributed by atoms with Gasteiger partial charge in [-0.2, -0.15) is 0 Å². The lowest BCUT2D eigenvalue weighted by atomic mass is 10.3. The van der Waals surface area contributed by atoms with Crippen LogP contribution in [0.25, 0.3) is 5.65 Å². The highest BCUT2D eigenvalue weighted by Crippen LogP contribution is 2.05. The minimum Gasteiger partial charge on any atom is -0.307 e. The molecule has 2 aromatic rings. The van der Waals surface area contributed by atoms with Crippen molar-refractivity contribution in [3.8, 4) is 12.3 Å². The molecule has 0 atom stereocenters. The predicted octanol–water partition coefficient (Wildman–Crippen LogP) is 2.32. The highest BCUT2D eigenvalue weighted by molar-refractivity contribution is 5.85. The summed E-state index contributed by atoms with van der Waals surface area (Å²) in [6, 6.07) is 5.95. The molecule has 2 aromatic heterocycles. The van der Waals surface area contributed by atoms with Crippen LogP contribution in [0.1, 0.15) is 12.1 Å². The van der Waals surface area contributed by atoms with Gasteiger partial charge in [0.2, 0.25) is 0 Å². The number of imidazole rings is 1. The second-order valence-electron chi connectivity index (χ2n) is 2.90. The molecule has 2 rings (SSSR count). The number of nitrogens with zero attached hydrogens (tertiary/aromatic N) is 2. The second kappa shape index (κ2) is 4.69. The predicted molar refractivity (Wildman–Crippen MR) is 59.6 cm³/mol. The Morgan fingerprint density at radius 3 is 3.00 bits per heavy atom. The van der Waals surface area contributed by atoms with Gasteiger partial charge in [-0.3, -0.25) is 0 Å². The SMILES string of the molecule is C#CCCc1cn2ccccc2n1.Cl. The van der Waals surface area contributed by atoms with E-state index in [2.05, 4.69) is 10.9 Å². The molecular weight excluding hydrogens is 196 g/mol. The molecule has 0 fully saturated rings. The smallest absolute Gasteiger partial charge is 0.136 e. The zero-order chi connectivity index (χ0) is 9.10. The largest absolute Gasteiger partial charge is 0.307 e. The van der Waals surface area contributed by atoms with Crippen molar-refractivity contribution in [1.82, 2.24) is 9.38 Å². The fourth-order valence-corrected chi connectivity index (χ4v) is 1.31. The highest BCUT2D eigenvalue weighted by atomic mass is 35.5. The molecule has 2 nitrogen and oxygen atoms in total. The van der Waals surface area contributed by atoms with Crippen molar-refractivity contribution in [3.63, 3.8) is 0 Å². The summed E-state index contributed by atoms with van der Waals surface area (Å²) in [5.41, 5.74) is 2.04. The third-order valence-electron chi connectivity index (χ3n) is 1.94. The number of halogens is 1. The summed E-state index contributed by atoms with van der Waals surface area (Å²) in [5, 5.41) is 0. The molecule has 2 heterocycles. The van der Waals surface area contributed by atoms with Crippen LogP contribution >= 0.6 is 12.4 Å². The molecule has 0 unspecified atom stereocenters. The summed E-state index contributed by atoms with van der Waals surface area (Å²) in [6.07, 6.45) is 10.8.